The summed E-state index contributed by atoms with van der Waals surface area (Å²) in [4.78, 5) is 14.9. The molecule has 1 atom stereocenters. The first kappa shape index (κ1) is 19.9. The number of aromatic nitrogens is 2. The highest BCUT2D eigenvalue weighted by atomic mass is 35.5. The molecule has 0 saturated heterocycles. The summed E-state index contributed by atoms with van der Waals surface area (Å²) in [7, 11) is 0. The van der Waals surface area contributed by atoms with Gasteiger partial charge < -0.3 is 20.1 Å². The van der Waals surface area contributed by atoms with Gasteiger partial charge in [-0.25, -0.2) is 4.98 Å². The number of hydrogen-bond donors (Lipinski definition) is 2. The van der Waals surface area contributed by atoms with Gasteiger partial charge in [0.15, 0.2) is 0 Å². The zero-order chi connectivity index (χ0) is 19.9. The summed E-state index contributed by atoms with van der Waals surface area (Å²) in [5.41, 5.74) is 7.42. The van der Waals surface area contributed by atoms with E-state index in [-0.39, 0.29) is 5.69 Å². The van der Waals surface area contributed by atoms with Gasteiger partial charge in [-0.3, -0.25) is 4.79 Å². The molecule has 3 rings (SSSR count). The number of benzene rings is 2. The lowest BCUT2D eigenvalue weighted by molar-refractivity contribution is 0.0995. The first-order valence-corrected chi connectivity index (χ1v) is 9.37. The van der Waals surface area contributed by atoms with Crippen LogP contribution in [0.3, 0.4) is 0 Å². The molecule has 146 valence electrons. The van der Waals surface area contributed by atoms with E-state index in [4.69, 9.17) is 22.1 Å². The van der Waals surface area contributed by atoms with E-state index in [0.29, 0.717) is 31.0 Å². The van der Waals surface area contributed by atoms with Crippen LogP contribution in [0.2, 0.25) is 5.02 Å². The van der Waals surface area contributed by atoms with Gasteiger partial charge in [-0.1, -0.05) is 35.9 Å². The van der Waals surface area contributed by atoms with Crippen molar-refractivity contribution in [2.75, 3.05) is 6.61 Å². The van der Waals surface area contributed by atoms with E-state index in [1.807, 2.05) is 48.5 Å². The van der Waals surface area contributed by atoms with Crippen LogP contribution in [0.5, 0.6) is 5.75 Å². The van der Waals surface area contributed by atoms with Crippen molar-refractivity contribution in [3.63, 3.8) is 0 Å². The third-order valence-corrected chi connectivity index (χ3v) is 4.48. The van der Waals surface area contributed by atoms with E-state index in [9.17, 15) is 9.90 Å². The summed E-state index contributed by atoms with van der Waals surface area (Å²) in [6.07, 6.45) is 3.72. The van der Waals surface area contributed by atoms with Gasteiger partial charge >= 0.3 is 0 Å². The van der Waals surface area contributed by atoms with Gasteiger partial charge in [-0.15, -0.1) is 0 Å². The van der Waals surface area contributed by atoms with Crippen LogP contribution >= 0.6 is 11.6 Å². The Hall–Kier alpha value is -2.83. The number of aliphatic hydroxyl groups is 1. The van der Waals surface area contributed by atoms with E-state index < -0.39 is 12.0 Å². The van der Waals surface area contributed by atoms with Crippen molar-refractivity contribution < 1.29 is 14.6 Å². The molecule has 0 bridgehead atoms. The minimum Gasteiger partial charge on any atom is -0.494 e. The fourth-order valence-electron chi connectivity index (χ4n) is 2.86. The second-order valence-corrected chi connectivity index (χ2v) is 6.94. The molecule has 1 amide bonds. The zero-order valence-electron chi connectivity index (χ0n) is 15.3. The summed E-state index contributed by atoms with van der Waals surface area (Å²) in [6.45, 7) is 0.844. The molecule has 2 aromatic carbocycles. The fourth-order valence-corrected chi connectivity index (χ4v) is 3.05. The van der Waals surface area contributed by atoms with Gasteiger partial charge in [0.05, 0.1) is 19.0 Å². The number of aliphatic hydroxyl groups excluding tert-OH is 1. The molecule has 1 aromatic heterocycles. The van der Waals surface area contributed by atoms with Gasteiger partial charge in [0.1, 0.15) is 11.4 Å². The summed E-state index contributed by atoms with van der Waals surface area (Å²) in [5, 5.41) is 10.8. The third kappa shape index (κ3) is 5.58. The second-order valence-electron chi connectivity index (χ2n) is 6.50. The van der Waals surface area contributed by atoms with E-state index >= 15 is 0 Å². The zero-order valence-corrected chi connectivity index (χ0v) is 16.0. The van der Waals surface area contributed by atoms with Crippen LogP contribution < -0.4 is 10.5 Å². The van der Waals surface area contributed by atoms with E-state index in [0.717, 1.165) is 16.9 Å². The fraction of sp³-hybridized carbons (Fsp3) is 0.238. The number of hydrogen-bond acceptors (Lipinski definition) is 4. The van der Waals surface area contributed by atoms with Crippen LogP contribution in [0.1, 0.15) is 23.3 Å². The molecule has 3 aromatic rings. The maximum Gasteiger partial charge on any atom is 0.268 e. The van der Waals surface area contributed by atoms with Crippen LogP contribution in [0.4, 0.5) is 0 Å². The normalized spacial score (nSPS) is 11.9. The van der Waals surface area contributed by atoms with E-state index in [2.05, 4.69) is 4.98 Å². The Balaban J connectivity index is 1.46. The number of carbonyl (C=O) groups excluding carboxylic acids is 1. The molecule has 1 unspecified atom stereocenters. The lowest BCUT2D eigenvalue weighted by Gasteiger charge is -2.12. The number of amides is 1. The van der Waals surface area contributed by atoms with Gasteiger partial charge in [0, 0.05) is 17.8 Å². The van der Waals surface area contributed by atoms with Crippen molar-refractivity contribution >= 4 is 17.5 Å². The Morgan fingerprint density at radius 2 is 1.96 bits per heavy atom. The molecule has 0 spiro atoms. The number of nitrogens with zero attached hydrogens (tertiary/aromatic N) is 2. The maximum atomic E-state index is 11.0. The van der Waals surface area contributed by atoms with Crippen molar-refractivity contribution in [3.05, 3.63) is 71.8 Å². The Kier molecular flexibility index (Phi) is 6.68. The average Bonchev–Trinajstić information content (AvgIpc) is 3.14. The molecule has 1 heterocycles. The number of ether oxygens (including phenoxy) is 1. The van der Waals surface area contributed by atoms with Crippen molar-refractivity contribution in [3.8, 4) is 16.9 Å². The maximum absolute atomic E-state index is 11.0. The summed E-state index contributed by atoms with van der Waals surface area (Å²) in [6, 6.07) is 15.5. The van der Waals surface area contributed by atoms with Gasteiger partial charge in [-0.05, 0) is 48.2 Å². The lowest BCUT2D eigenvalue weighted by Crippen LogP contribution is -2.16. The minimum absolute atomic E-state index is 0.190. The quantitative estimate of drug-likeness (QED) is 0.538. The summed E-state index contributed by atoms with van der Waals surface area (Å²) >= 11 is 6.06. The molecule has 0 fully saturated rings. The van der Waals surface area contributed by atoms with Crippen molar-refractivity contribution in [2.24, 2.45) is 5.73 Å². The number of nitrogens with two attached hydrogens (primary N) is 1. The van der Waals surface area contributed by atoms with Crippen molar-refractivity contribution in [1.82, 2.24) is 9.55 Å². The average molecular weight is 400 g/mol. The van der Waals surface area contributed by atoms with E-state index in [1.165, 1.54) is 12.5 Å². The Morgan fingerprint density at radius 1 is 1.21 bits per heavy atom. The van der Waals surface area contributed by atoms with Crippen LogP contribution in [0.15, 0.2) is 61.1 Å². The molecule has 6 nitrogen and oxygen atoms in total. The van der Waals surface area contributed by atoms with Crippen LogP contribution in [-0.2, 0) is 6.54 Å². The van der Waals surface area contributed by atoms with Crippen molar-refractivity contribution in [1.29, 1.82) is 0 Å². The Bertz CT molecular complexity index is 942. The standard InChI is InChI=1S/C21H22ClN3O3/c22-17-6-1-4-15(10-17)16-5-2-8-19(11-16)28-9-3-7-18(26)12-25-13-20(21(23)27)24-14-25/h1-2,4-6,8,10-11,13-14,18,26H,3,7,9,12H2,(H2,23,27). The molecule has 28 heavy (non-hydrogen) atoms. The Labute approximate surface area is 168 Å². The minimum atomic E-state index is -0.582. The van der Waals surface area contributed by atoms with E-state index in [1.54, 1.807) is 4.57 Å². The van der Waals surface area contributed by atoms with Gasteiger partial charge in [-0.2, -0.15) is 0 Å². The molecule has 0 radical (unpaired) electrons. The lowest BCUT2D eigenvalue weighted by atomic mass is 10.1. The van der Waals surface area contributed by atoms with Crippen molar-refractivity contribution in [2.45, 2.75) is 25.5 Å². The highest BCUT2D eigenvalue weighted by Crippen LogP contribution is 2.26. The number of carbonyl (C=O) groups is 1. The molecule has 0 aliphatic heterocycles. The monoisotopic (exact) mass is 399 g/mol. The first-order chi connectivity index (χ1) is 13.5. The molecule has 0 saturated carbocycles. The molecule has 0 aliphatic carbocycles. The number of halogens is 1. The largest absolute Gasteiger partial charge is 0.494 e. The highest BCUT2D eigenvalue weighted by molar-refractivity contribution is 6.30. The second kappa shape index (κ2) is 9.39. The van der Waals surface area contributed by atoms with Crippen LogP contribution in [0, 0.1) is 0 Å². The summed E-state index contributed by atoms with van der Waals surface area (Å²) in [5.74, 6) is 0.189. The molecule has 7 heteroatoms. The SMILES string of the molecule is NC(=O)c1cn(CC(O)CCCOc2cccc(-c3cccc(Cl)c3)c2)cn1. The van der Waals surface area contributed by atoms with Crippen LogP contribution in [0.25, 0.3) is 11.1 Å². The van der Waals surface area contributed by atoms with Gasteiger partial charge in [0.25, 0.3) is 5.91 Å². The highest BCUT2D eigenvalue weighted by Gasteiger charge is 2.09. The number of imidazole rings is 1. The first-order valence-electron chi connectivity index (χ1n) is 9.00. The molecular weight excluding hydrogens is 378 g/mol. The smallest absolute Gasteiger partial charge is 0.268 e. The molecule has 0 aliphatic rings. The topological polar surface area (TPSA) is 90.4 Å². The predicted molar refractivity (Wildman–Crippen MR) is 108 cm³/mol. The van der Waals surface area contributed by atoms with Crippen LogP contribution in [-0.4, -0.2) is 33.3 Å². The Morgan fingerprint density at radius 3 is 2.68 bits per heavy atom. The van der Waals surface area contributed by atoms with Gasteiger partial charge in [0.2, 0.25) is 0 Å². The molecule has 3 N–H and O–H groups in total. The molecular formula is C21H22ClN3O3. The summed E-state index contributed by atoms with van der Waals surface area (Å²) < 4.78 is 7.46. The number of primary amides is 1. The third-order valence-electron chi connectivity index (χ3n) is 4.25. The number of rotatable bonds is 9. The predicted octanol–water partition coefficient (Wildman–Crippen LogP) is 3.52.